The molecular weight excluding hydrogens is 412 g/mol. The summed E-state index contributed by atoms with van der Waals surface area (Å²) in [5, 5.41) is 2.75. The van der Waals surface area contributed by atoms with Gasteiger partial charge in [0.25, 0.3) is 5.91 Å². The van der Waals surface area contributed by atoms with Crippen LogP contribution in [0.5, 0.6) is 5.75 Å². The molecule has 6 nitrogen and oxygen atoms in total. The van der Waals surface area contributed by atoms with Gasteiger partial charge >= 0.3 is 0 Å². The molecule has 31 heavy (non-hydrogen) atoms. The first-order valence-electron chi connectivity index (χ1n) is 9.85. The van der Waals surface area contributed by atoms with Gasteiger partial charge in [-0.1, -0.05) is 54.6 Å². The third kappa shape index (κ3) is 5.71. The van der Waals surface area contributed by atoms with E-state index >= 15 is 0 Å². The highest BCUT2D eigenvalue weighted by atomic mass is 32.2. The van der Waals surface area contributed by atoms with E-state index < -0.39 is 10.0 Å². The number of para-hydroxylation sites is 1. The van der Waals surface area contributed by atoms with E-state index in [4.69, 9.17) is 4.74 Å². The van der Waals surface area contributed by atoms with Gasteiger partial charge in [-0.05, 0) is 41.8 Å². The van der Waals surface area contributed by atoms with Gasteiger partial charge in [-0.15, -0.1) is 0 Å². The van der Waals surface area contributed by atoms with E-state index in [1.165, 1.54) is 26.2 Å². The number of hydrogen-bond donors (Lipinski definition) is 1. The number of rotatable bonds is 8. The third-order valence-electron chi connectivity index (χ3n) is 4.83. The Hall–Kier alpha value is -3.16. The molecule has 0 aromatic heterocycles. The maximum absolute atomic E-state index is 12.5. The predicted molar refractivity (Wildman–Crippen MR) is 122 cm³/mol. The van der Waals surface area contributed by atoms with Crippen LogP contribution >= 0.6 is 0 Å². The molecule has 0 bridgehead atoms. The molecule has 0 saturated carbocycles. The Balaban J connectivity index is 1.69. The van der Waals surface area contributed by atoms with Gasteiger partial charge in [-0.2, -0.15) is 0 Å². The molecule has 1 N–H and O–H groups in total. The number of carbonyl (C=O) groups is 1. The van der Waals surface area contributed by atoms with Gasteiger partial charge in [-0.25, -0.2) is 12.7 Å². The zero-order chi connectivity index (χ0) is 22.4. The van der Waals surface area contributed by atoms with Crippen molar-refractivity contribution in [2.45, 2.75) is 18.2 Å². The summed E-state index contributed by atoms with van der Waals surface area (Å²) in [6, 6.07) is 22.3. The molecule has 1 amide bonds. The number of carbonyl (C=O) groups excluding carboxylic acids is 1. The molecule has 0 unspecified atom stereocenters. The fourth-order valence-corrected chi connectivity index (χ4v) is 3.97. The van der Waals surface area contributed by atoms with Gasteiger partial charge in [0.15, 0.2) is 6.61 Å². The molecule has 7 heteroatoms. The molecule has 0 saturated heterocycles. The van der Waals surface area contributed by atoms with Crippen LogP contribution in [0.2, 0.25) is 0 Å². The minimum Gasteiger partial charge on any atom is -0.483 e. The van der Waals surface area contributed by atoms with Gasteiger partial charge in [0.05, 0.1) is 4.90 Å². The lowest BCUT2D eigenvalue weighted by atomic mass is 10.0. The number of anilines is 1. The molecule has 0 radical (unpaired) electrons. The second-order valence-electron chi connectivity index (χ2n) is 7.37. The van der Waals surface area contributed by atoms with Crippen LogP contribution in [-0.4, -0.2) is 39.3 Å². The minimum atomic E-state index is -3.59. The van der Waals surface area contributed by atoms with E-state index in [1.807, 2.05) is 54.6 Å². The number of nitrogens with one attached hydrogen (secondary N) is 1. The van der Waals surface area contributed by atoms with Gasteiger partial charge in [-0.3, -0.25) is 4.79 Å². The Morgan fingerprint density at radius 1 is 0.968 bits per heavy atom. The third-order valence-corrected chi connectivity index (χ3v) is 6.64. The lowest BCUT2D eigenvalue weighted by Gasteiger charge is -2.15. The van der Waals surface area contributed by atoms with Crippen LogP contribution in [0.15, 0.2) is 77.7 Å². The standard InChI is InChI=1S/C24H26N2O4S/c1-18-13-14-21(31(28,29)26(2)3)16-22(18)25-24(27)17-30-23-12-8-7-11-20(23)15-19-9-5-4-6-10-19/h4-14,16H,15,17H2,1-3H3,(H,25,27). The summed E-state index contributed by atoms with van der Waals surface area (Å²) in [6.07, 6.45) is 0.697. The summed E-state index contributed by atoms with van der Waals surface area (Å²) in [7, 11) is -0.659. The fraction of sp³-hybridized carbons (Fsp3) is 0.208. The highest BCUT2D eigenvalue weighted by Crippen LogP contribution is 2.23. The van der Waals surface area contributed by atoms with Crippen LogP contribution in [-0.2, 0) is 21.2 Å². The zero-order valence-electron chi connectivity index (χ0n) is 17.8. The molecule has 162 valence electrons. The smallest absolute Gasteiger partial charge is 0.262 e. The number of nitrogens with zero attached hydrogens (tertiary/aromatic N) is 1. The monoisotopic (exact) mass is 438 g/mol. The first kappa shape index (κ1) is 22.5. The summed E-state index contributed by atoms with van der Waals surface area (Å²) in [4.78, 5) is 12.6. The number of ether oxygens (including phenoxy) is 1. The normalized spacial score (nSPS) is 11.4. The van der Waals surface area contributed by atoms with Crippen molar-refractivity contribution >= 4 is 21.6 Å². The first-order chi connectivity index (χ1) is 14.8. The van der Waals surface area contributed by atoms with Crippen LogP contribution in [0.3, 0.4) is 0 Å². The molecule has 0 aliphatic rings. The van der Waals surface area contributed by atoms with E-state index in [0.717, 1.165) is 21.0 Å². The van der Waals surface area contributed by atoms with E-state index in [-0.39, 0.29) is 17.4 Å². The van der Waals surface area contributed by atoms with E-state index in [0.29, 0.717) is 17.9 Å². The molecule has 0 spiro atoms. The fourth-order valence-electron chi connectivity index (χ4n) is 3.04. The predicted octanol–water partition coefficient (Wildman–Crippen LogP) is 3.85. The van der Waals surface area contributed by atoms with Crippen LogP contribution in [0, 0.1) is 6.92 Å². The summed E-state index contributed by atoms with van der Waals surface area (Å²) in [6.45, 7) is 1.62. The molecule has 0 fully saturated rings. The van der Waals surface area contributed by atoms with Crippen molar-refractivity contribution < 1.29 is 17.9 Å². The summed E-state index contributed by atoms with van der Waals surface area (Å²) in [5.74, 6) is 0.277. The van der Waals surface area contributed by atoms with Crippen LogP contribution in [0.4, 0.5) is 5.69 Å². The quantitative estimate of drug-likeness (QED) is 0.580. The molecule has 3 rings (SSSR count). The Morgan fingerprint density at radius 3 is 2.35 bits per heavy atom. The first-order valence-corrected chi connectivity index (χ1v) is 11.3. The van der Waals surface area contributed by atoms with E-state index in [1.54, 1.807) is 13.0 Å². The van der Waals surface area contributed by atoms with Crippen molar-refractivity contribution in [3.8, 4) is 5.75 Å². The molecule has 0 aliphatic carbocycles. The van der Waals surface area contributed by atoms with Crippen molar-refractivity contribution in [1.29, 1.82) is 0 Å². The molecule has 0 atom stereocenters. The lowest BCUT2D eigenvalue weighted by Crippen LogP contribution is -2.23. The van der Waals surface area contributed by atoms with Gasteiger partial charge in [0.2, 0.25) is 10.0 Å². The van der Waals surface area contributed by atoms with Crippen molar-refractivity contribution in [3.05, 3.63) is 89.5 Å². The van der Waals surface area contributed by atoms with Gasteiger partial charge in [0.1, 0.15) is 5.75 Å². The Bertz CT molecular complexity index is 1160. The number of amides is 1. The molecular formula is C24H26N2O4S. The largest absolute Gasteiger partial charge is 0.483 e. The van der Waals surface area contributed by atoms with Crippen LogP contribution in [0.1, 0.15) is 16.7 Å². The van der Waals surface area contributed by atoms with Crippen LogP contribution < -0.4 is 10.1 Å². The summed E-state index contributed by atoms with van der Waals surface area (Å²) in [5.41, 5.74) is 3.33. The number of aryl methyl sites for hydroxylation is 1. The average molecular weight is 439 g/mol. The SMILES string of the molecule is Cc1ccc(S(=O)(=O)N(C)C)cc1NC(=O)COc1ccccc1Cc1ccccc1. The second-order valence-corrected chi connectivity index (χ2v) is 9.52. The van der Waals surface area contributed by atoms with Gasteiger partial charge in [0, 0.05) is 26.2 Å². The number of sulfonamides is 1. The van der Waals surface area contributed by atoms with E-state index in [2.05, 4.69) is 5.32 Å². The lowest BCUT2D eigenvalue weighted by molar-refractivity contribution is -0.118. The van der Waals surface area contributed by atoms with Crippen molar-refractivity contribution in [2.24, 2.45) is 0 Å². The molecule has 0 aliphatic heterocycles. The Kier molecular flexibility index (Phi) is 7.09. The second kappa shape index (κ2) is 9.76. The number of benzene rings is 3. The highest BCUT2D eigenvalue weighted by Gasteiger charge is 2.19. The van der Waals surface area contributed by atoms with Gasteiger partial charge < -0.3 is 10.1 Å². The maximum Gasteiger partial charge on any atom is 0.262 e. The summed E-state index contributed by atoms with van der Waals surface area (Å²) < 4.78 is 31.7. The molecule has 3 aromatic carbocycles. The Labute approximate surface area is 183 Å². The van der Waals surface area contributed by atoms with Crippen molar-refractivity contribution in [1.82, 2.24) is 4.31 Å². The summed E-state index contributed by atoms with van der Waals surface area (Å²) >= 11 is 0. The topological polar surface area (TPSA) is 75.7 Å². The highest BCUT2D eigenvalue weighted by molar-refractivity contribution is 7.89. The molecule has 3 aromatic rings. The van der Waals surface area contributed by atoms with E-state index in [9.17, 15) is 13.2 Å². The van der Waals surface area contributed by atoms with Crippen LogP contribution in [0.25, 0.3) is 0 Å². The molecule has 0 heterocycles. The van der Waals surface area contributed by atoms with Crippen molar-refractivity contribution in [3.63, 3.8) is 0 Å². The van der Waals surface area contributed by atoms with Crippen molar-refractivity contribution in [2.75, 3.05) is 26.0 Å². The average Bonchev–Trinajstić information content (AvgIpc) is 2.75. The zero-order valence-corrected chi connectivity index (χ0v) is 18.6. The minimum absolute atomic E-state index is 0.118. The number of hydrogen-bond acceptors (Lipinski definition) is 4. The maximum atomic E-state index is 12.5. The Morgan fingerprint density at radius 2 is 1.65 bits per heavy atom.